The molecule has 5 heteroatoms. The van der Waals surface area contributed by atoms with Crippen molar-refractivity contribution >= 4 is 33.3 Å². The minimum absolute atomic E-state index is 0.615. The fourth-order valence-corrected chi connectivity index (χ4v) is 1.60. The van der Waals surface area contributed by atoms with Crippen LogP contribution in [0.25, 0.3) is 0 Å². The molecule has 0 saturated heterocycles. The van der Waals surface area contributed by atoms with E-state index in [9.17, 15) is 0 Å². The van der Waals surface area contributed by atoms with Crippen LogP contribution in [0.3, 0.4) is 0 Å². The van der Waals surface area contributed by atoms with Gasteiger partial charge >= 0.3 is 0 Å². The highest BCUT2D eigenvalue weighted by Crippen LogP contribution is 2.22. The Labute approximate surface area is 90.6 Å². The van der Waals surface area contributed by atoms with Crippen molar-refractivity contribution in [1.82, 2.24) is 4.98 Å². The van der Waals surface area contributed by atoms with Crippen molar-refractivity contribution in [2.75, 3.05) is 25.6 Å². The number of aromatic nitrogens is 1. The summed E-state index contributed by atoms with van der Waals surface area (Å²) >= 11 is 9.08. The Morgan fingerprint density at radius 2 is 2.46 bits per heavy atom. The van der Waals surface area contributed by atoms with Gasteiger partial charge in [0.25, 0.3) is 0 Å². The van der Waals surface area contributed by atoms with Crippen LogP contribution in [0, 0.1) is 0 Å². The van der Waals surface area contributed by atoms with Crippen molar-refractivity contribution in [1.29, 1.82) is 0 Å². The third-order valence-corrected chi connectivity index (χ3v) is 2.22. The van der Waals surface area contributed by atoms with E-state index < -0.39 is 0 Å². The van der Waals surface area contributed by atoms with Crippen LogP contribution in [0.4, 0.5) is 5.82 Å². The molecule has 0 aliphatic heterocycles. The van der Waals surface area contributed by atoms with Gasteiger partial charge in [-0.3, -0.25) is 0 Å². The number of methoxy groups -OCH3 is 1. The Kier molecular flexibility index (Phi) is 4.48. The van der Waals surface area contributed by atoms with Crippen molar-refractivity contribution in [2.45, 2.75) is 0 Å². The van der Waals surface area contributed by atoms with E-state index in [1.807, 2.05) is 0 Å². The third kappa shape index (κ3) is 3.50. The van der Waals surface area contributed by atoms with Gasteiger partial charge < -0.3 is 10.1 Å². The van der Waals surface area contributed by atoms with E-state index in [4.69, 9.17) is 16.3 Å². The van der Waals surface area contributed by atoms with E-state index in [0.29, 0.717) is 11.6 Å². The lowest BCUT2D eigenvalue weighted by Crippen LogP contribution is -2.09. The summed E-state index contributed by atoms with van der Waals surface area (Å²) in [6.45, 7) is 1.38. The molecule has 0 radical (unpaired) electrons. The van der Waals surface area contributed by atoms with Gasteiger partial charge in [0.15, 0.2) is 0 Å². The molecule has 0 bridgehead atoms. The molecule has 0 aliphatic rings. The molecule has 3 nitrogen and oxygen atoms in total. The number of ether oxygens (including phenoxy) is 1. The Morgan fingerprint density at radius 1 is 1.69 bits per heavy atom. The zero-order chi connectivity index (χ0) is 9.68. The molecule has 0 saturated carbocycles. The Balaban J connectivity index is 2.56. The molecule has 0 unspecified atom stereocenters. The fraction of sp³-hybridized carbons (Fsp3) is 0.375. The standard InChI is InChI=1S/C8H10BrClN2O/c1-13-3-2-11-8-7(9)4-6(10)5-12-8/h4-5H,2-3H2,1H3,(H,11,12). The van der Waals surface area contributed by atoms with Crippen molar-refractivity contribution in [3.8, 4) is 0 Å². The van der Waals surface area contributed by atoms with Gasteiger partial charge in [-0.2, -0.15) is 0 Å². The predicted molar refractivity (Wildman–Crippen MR) is 57.3 cm³/mol. The van der Waals surface area contributed by atoms with Crippen LogP contribution in [0.1, 0.15) is 0 Å². The first kappa shape index (κ1) is 10.8. The quantitative estimate of drug-likeness (QED) is 0.850. The zero-order valence-electron chi connectivity index (χ0n) is 7.18. The molecule has 0 aliphatic carbocycles. The number of anilines is 1. The van der Waals surface area contributed by atoms with E-state index in [1.165, 1.54) is 0 Å². The first-order valence-electron chi connectivity index (χ1n) is 3.78. The second-order valence-corrected chi connectivity index (χ2v) is 3.69. The first-order valence-corrected chi connectivity index (χ1v) is 4.95. The minimum Gasteiger partial charge on any atom is -0.383 e. The maximum Gasteiger partial charge on any atom is 0.140 e. The normalized spacial score (nSPS) is 10.1. The highest BCUT2D eigenvalue weighted by molar-refractivity contribution is 9.10. The predicted octanol–water partition coefficient (Wildman–Crippen LogP) is 2.56. The minimum atomic E-state index is 0.615. The van der Waals surface area contributed by atoms with E-state index >= 15 is 0 Å². The smallest absolute Gasteiger partial charge is 0.140 e. The topological polar surface area (TPSA) is 34.1 Å². The van der Waals surface area contributed by atoms with Crippen molar-refractivity contribution in [2.24, 2.45) is 0 Å². The summed E-state index contributed by atoms with van der Waals surface area (Å²) in [4.78, 5) is 4.10. The summed E-state index contributed by atoms with van der Waals surface area (Å²) in [6.07, 6.45) is 1.60. The van der Waals surface area contributed by atoms with Crippen molar-refractivity contribution < 1.29 is 4.74 Å². The number of halogens is 2. The monoisotopic (exact) mass is 264 g/mol. The summed E-state index contributed by atoms with van der Waals surface area (Å²) in [5.74, 6) is 0.779. The average Bonchev–Trinajstić information content (AvgIpc) is 2.09. The van der Waals surface area contributed by atoms with Crippen LogP contribution in [0.15, 0.2) is 16.7 Å². The number of nitrogens with one attached hydrogen (secondary N) is 1. The molecule has 0 spiro atoms. The van der Waals surface area contributed by atoms with Gasteiger partial charge in [-0.25, -0.2) is 4.98 Å². The number of nitrogens with zero attached hydrogens (tertiary/aromatic N) is 1. The molecule has 13 heavy (non-hydrogen) atoms. The van der Waals surface area contributed by atoms with Gasteiger partial charge in [0.05, 0.1) is 16.1 Å². The lowest BCUT2D eigenvalue weighted by atomic mass is 10.4. The van der Waals surface area contributed by atoms with Gasteiger partial charge in [-0.15, -0.1) is 0 Å². The summed E-state index contributed by atoms with van der Waals surface area (Å²) in [7, 11) is 1.66. The second-order valence-electron chi connectivity index (χ2n) is 2.40. The zero-order valence-corrected chi connectivity index (χ0v) is 9.52. The third-order valence-electron chi connectivity index (χ3n) is 1.41. The second kappa shape index (κ2) is 5.42. The van der Waals surface area contributed by atoms with Crippen LogP contribution in [0.5, 0.6) is 0 Å². The lowest BCUT2D eigenvalue weighted by Gasteiger charge is -2.06. The van der Waals surface area contributed by atoms with Crippen LogP contribution in [0.2, 0.25) is 5.02 Å². The molecule has 0 aromatic carbocycles. The summed E-state index contributed by atoms with van der Waals surface area (Å²) in [5, 5.41) is 3.71. The molecular formula is C8H10BrClN2O. The molecular weight excluding hydrogens is 255 g/mol. The lowest BCUT2D eigenvalue weighted by molar-refractivity contribution is 0.210. The van der Waals surface area contributed by atoms with Gasteiger partial charge in [0.2, 0.25) is 0 Å². The molecule has 1 N–H and O–H groups in total. The van der Waals surface area contributed by atoms with Crippen LogP contribution in [-0.4, -0.2) is 25.2 Å². The number of rotatable bonds is 4. The highest BCUT2D eigenvalue weighted by Gasteiger charge is 2.00. The van der Waals surface area contributed by atoms with Gasteiger partial charge in [-0.1, -0.05) is 11.6 Å². The van der Waals surface area contributed by atoms with Crippen LogP contribution >= 0.6 is 27.5 Å². The molecule has 1 aromatic heterocycles. The van der Waals surface area contributed by atoms with E-state index in [2.05, 4.69) is 26.2 Å². The summed E-state index contributed by atoms with van der Waals surface area (Å²) in [5.41, 5.74) is 0. The Morgan fingerprint density at radius 3 is 3.08 bits per heavy atom. The number of pyridine rings is 1. The molecule has 0 fully saturated rings. The summed E-state index contributed by atoms with van der Waals surface area (Å²) in [6, 6.07) is 1.80. The molecule has 0 atom stereocenters. The first-order chi connectivity index (χ1) is 6.24. The maximum atomic E-state index is 5.73. The maximum absolute atomic E-state index is 5.73. The summed E-state index contributed by atoms with van der Waals surface area (Å²) < 4.78 is 5.75. The van der Waals surface area contributed by atoms with Gasteiger partial charge in [0.1, 0.15) is 5.82 Å². The molecule has 1 heterocycles. The Bertz CT molecular complexity index is 283. The largest absolute Gasteiger partial charge is 0.383 e. The Hall–Kier alpha value is -0.320. The number of hydrogen-bond acceptors (Lipinski definition) is 3. The van der Waals surface area contributed by atoms with Crippen molar-refractivity contribution in [3.63, 3.8) is 0 Å². The SMILES string of the molecule is COCCNc1ncc(Cl)cc1Br. The van der Waals surface area contributed by atoms with E-state index in [1.54, 1.807) is 19.4 Å². The van der Waals surface area contributed by atoms with Gasteiger partial charge in [-0.05, 0) is 22.0 Å². The fourth-order valence-electron chi connectivity index (χ4n) is 0.816. The van der Waals surface area contributed by atoms with Crippen molar-refractivity contribution in [3.05, 3.63) is 21.8 Å². The molecule has 1 rings (SSSR count). The molecule has 1 aromatic rings. The van der Waals surface area contributed by atoms with Gasteiger partial charge in [0, 0.05) is 19.9 Å². The highest BCUT2D eigenvalue weighted by atomic mass is 79.9. The molecule has 72 valence electrons. The van der Waals surface area contributed by atoms with Crippen LogP contribution in [-0.2, 0) is 4.74 Å². The van der Waals surface area contributed by atoms with Crippen LogP contribution < -0.4 is 5.32 Å². The number of hydrogen-bond donors (Lipinski definition) is 1. The van der Waals surface area contributed by atoms with E-state index in [-0.39, 0.29) is 0 Å². The average molecular weight is 266 g/mol. The van der Waals surface area contributed by atoms with E-state index in [0.717, 1.165) is 16.8 Å². The molecule has 0 amide bonds.